The van der Waals surface area contributed by atoms with Crippen LogP contribution >= 0.6 is 0 Å². The molecular weight excluding hydrogens is 348 g/mol. The molecule has 2 aromatic rings. The van der Waals surface area contributed by atoms with Gasteiger partial charge in [0.05, 0.1) is 12.7 Å². The molecule has 0 saturated heterocycles. The second kappa shape index (κ2) is 8.84. The number of nitrogens with zero attached hydrogens (tertiary/aromatic N) is 1. The van der Waals surface area contributed by atoms with Gasteiger partial charge in [0.2, 0.25) is 0 Å². The second-order valence-corrected chi connectivity index (χ2v) is 6.08. The van der Waals surface area contributed by atoms with Gasteiger partial charge in [-0.15, -0.1) is 0 Å². The number of nitrogens with one attached hydrogen (secondary N) is 1. The largest absolute Gasteiger partial charge is 0.484 e. The van der Waals surface area contributed by atoms with Crippen LogP contribution in [0.4, 0.5) is 5.69 Å². The molecule has 2 amide bonds. The molecule has 0 heterocycles. The number of carbonyl (C=O) groups is 3. The Labute approximate surface area is 157 Å². The topological polar surface area (TPSA) is 84.9 Å². The van der Waals surface area contributed by atoms with Gasteiger partial charge in [0.15, 0.2) is 6.61 Å². The first kappa shape index (κ1) is 20.0. The molecule has 0 unspecified atom stereocenters. The second-order valence-electron chi connectivity index (χ2n) is 6.08. The number of aryl methyl sites for hydroxylation is 1. The van der Waals surface area contributed by atoms with Gasteiger partial charge in [-0.2, -0.15) is 0 Å². The molecule has 2 aromatic carbocycles. The Morgan fingerprint density at radius 3 is 2.44 bits per heavy atom. The third-order valence-electron chi connectivity index (χ3n) is 3.86. The molecule has 0 radical (unpaired) electrons. The third kappa shape index (κ3) is 5.31. The van der Waals surface area contributed by atoms with Crippen LogP contribution in [0, 0.1) is 6.92 Å². The molecule has 2 rings (SSSR count). The van der Waals surface area contributed by atoms with E-state index in [1.165, 1.54) is 12.0 Å². The van der Waals surface area contributed by atoms with E-state index in [2.05, 4.69) is 5.32 Å². The number of likely N-dealkylation sites (N-methyl/N-ethyl adjacent to an activating group) is 1. The molecule has 0 spiro atoms. The van der Waals surface area contributed by atoms with Gasteiger partial charge in [-0.3, -0.25) is 9.59 Å². The van der Waals surface area contributed by atoms with Crippen LogP contribution in [0.3, 0.4) is 0 Å². The maximum absolute atomic E-state index is 12.6. The molecule has 0 bridgehead atoms. The van der Waals surface area contributed by atoms with Crippen molar-refractivity contribution in [1.29, 1.82) is 0 Å². The highest BCUT2D eigenvalue weighted by atomic mass is 16.5. The molecule has 0 fully saturated rings. The normalized spacial score (nSPS) is 10.1. The van der Waals surface area contributed by atoms with Crippen LogP contribution in [0.5, 0.6) is 5.75 Å². The minimum atomic E-state index is -0.480. The summed E-state index contributed by atoms with van der Waals surface area (Å²) >= 11 is 0. The summed E-state index contributed by atoms with van der Waals surface area (Å²) in [6.45, 7) is 1.71. The maximum atomic E-state index is 12.6. The van der Waals surface area contributed by atoms with Crippen LogP contribution < -0.4 is 10.1 Å². The summed E-state index contributed by atoms with van der Waals surface area (Å²) in [5.41, 5.74) is 2.03. The monoisotopic (exact) mass is 370 g/mol. The predicted octanol–water partition coefficient (Wildman–Crippen LogP) is 2.50. The van der Waals surface area contributed by atoms with Crippen molar-refractivity contribution in [3.63, 3.8) is 0 Å². The SMILES string of the molecule is COC(=O)c1ccc(C)c(NC(=O)c2cccc(OCC(=O)N(C)C)c2)c1. The number of benzene rings is 2. The maximum Gasteiger partial charge on any atom is 0.337 e. The van der Waals surface area contributed by atoms with Gasteiger partial charge in [-0.25, -0.2) is 4.79 Å². The zero-order chi connectivity index (χ0) is 20.0. The Hall–Kier alpha value is -3.35. The van der Waals surface area contributed by atoms with E-state index in [1.54, 1.807) is 56.6 Å². The van der Waals surface area contributed by atoms with E-state index < -0.39 is 5.97 Å². The molecule has 7 nitrogen and oxygen atoms in total. The molecule has 0 atom stereocenters. The summed E-state index contributed by atoms with van der Waals surface area (Å²) in [6, 6.07) is 11.5. The van der Waals surface area contributed by atoms with E-state index in [9.17, 15) is 14.4 Å². The number of hydrogen-bond acceptors (Lipinski definition) is 5. The number of ether oxygens (including phenoxy) is 2. The zero-order valence-electron chi connectivity index (χ0n) is 15.7. The standard InChI is InChI=1S/C20H22N2O5/c1-13-8-9-15(20(25)26-4)11-17(13)21-19(24)14-6-5-7-16(10-14)27-12-18(23)22(2)3/h5-11H,12H2,1-4H3,(H,21,24). The molecule has 1 N–H and O–H groups in total. The van der Waals surface area contributed by atoms with Crippen molar-refractivity contribution in [2.75, 3.05) is 33.1 Å². The lowest BCUT2D eigenvalue weighted by Gasteiger charge is -2.13. The number of carbonyl (C=O) groups excluding carboxylic acids is 3. The summed E-state index contributed by atoms with van der Waals surface area (Å²) in [6.07, 6.45) is 0. The van der Waals surface area contributed by atoms with Crippen LogP contribution in [-0.2, 0) is 9.53 Å². The van der Waals surface area contributed by atoms with Gasteiger partial charge in [-0.1, -0.05) is 12.1 Å². The van der Waals surface area contributed by atoms with E-state index >= 15 is 0 Å². The lowest BCUT2D eigenvalue weighted by molar-refractivity contribution is -0.130. The van der Waals surface area contributed by atoms with Crippen molar-refractivity contribution in [3.05, 3.63) is 59.2 Å². The van der Waals surface area contributed by atoms with Crippen LogP contribution in [0.25, 0.3) is 0 Å². The summed E-state index contributed by atoms with van der Waals surface area (Å²) in [5.74, 6) is -0.603. The molecule has 0 aliphatic heterocycles. The molecule has 27 heavy (non-hydrogen) atoms. The van der Waals surface area contributed by atoms with Crippen molar-refractivity contribution in [1.82, 2.24) is 4.90 Å². The smallest absolute Gasteiger partial charge is 0.337 e. The molecule has 0 aliphatic carbocycles. The Bertz CT molecular complexity index is 861. The Balaban J connectivity index is 2.13. The minimum absolute atomic E-state index is 0.113. The Morgan fingerprint density at radius 2 is 1.78 bits per heavy atom. The summed E-state index contributed by atoms with van der Waals surface area (Å²) in [7, 11) is 4.58. The lowest BCUT2D eigenvalue weighted by atomic mass is 10.1. The highest BCUT2D eigenvalue weighted by molar-refractivity contribution is 6.05. The molecule has 142 valence electrons. The van der Waals surface area contributed by atoms with Crippen LogP contribution in [0.15, 0.2) is 42.5 Å². The molecule has 0 aliphatic rings. The van der Waals surface area contributed by atoms with Crippen LogP contribution in [0.1, 0.15) is 26.3 Å². The van der Waals surface area contributed by atoms with Gasteiger partial charge >= 0.3 is 5.97 Å². The van der Waals surface area contributed by atoms with E-state index in [1.807, 2.05) is 6.92 Å². The Morgan fingerprint density at radius 1 is 1.04 bits per heavy atom. The molecule has 0 saturated carbocycles. The van der Waals surface area contributed by atoms with Gasteiger partial charge in [0, 0.05) is 25.3 Å². The molecule has 7 heteroatoms. The zero-order valence-corrected chi connectivity index (χ0v) is 15.7. The summed E-state index contributed by atoms with van der Waals surface area (Å²) in [5, 5.41) is 2.78. The summed E-state index contributed by atoms with van der Waals surface area (Å²) in [4.78, 5) is 37.3. The number of anilines is 1. The van der Waals surface area contributed by atoms with Crippen molar-refractivity contribution in [2.24, 2.45) is 0 Å². The fraction of sp³-hybridized carbons (Fsp3) is 0.250. The fourth-order valence-corrected chi connectivity index (χ4v) is 2.20. The molecule has 0 aromatic heterocycles. The number of hydrogen-bond donors (Lipinski definition) is 1. The average molecular weight is 370 g/mol. The van der Waals surface area contributed by atoms with E-state index in [0.29, 0.717) is 22.6 Å². The number of rotatable bonds is 6. The van der Waals surface area contributed by atoms with Gasteiger partial charge in [-0.05, 0) is 42.8 Å². The highest BCUT2D eigenvalue weighted by Crippen LogP contribution is 2.20. The fourth-order valence-electron chi connectivity index (χ4n) is 2.20. The quantitative estimate of drug-likeness (QED) is 0.790. The van der Waals surface area contributed by atoms with Crippen molar-refractivity contribution in [2.45, 2.75) is 6.92 Å². The van der Waals surface area contributed by atoms with Gasteiger partial charge in [0.25, 0.3) is 11.8 Å². The molecular formula is C20H22N2O5. The van der Waals surface area contributed by atoms with Crippen LogP contribution in [-0.4, -0.2) is 50.5 Å². The van der Waals surface area contributed by atoms with Crippen molar-refractivity contribution < 1.29 is 23.9 Å². The number of methoxy groups -OCH3 is 1. The lowest BCUT2D eigenvalue weighted by Crippen LogP contribution is -2.27. The first-order valence-corrected chi connectivity index (χ1v) is 8.25. The van der Waals surface area contributed by atoms with E-state index in [4.69, 9.17) is 9.47 Å². The van der Waals surface area contributed by atoms with Gasteiger partial charge in [0.1, 0.15) is 5.75 Å². The third-order valence-corrected chi connectivity index (χ3v) is 3.86. The van der Waals surface area contributed by atoms with E-state index in [-0.39, 0.29) is 18.4 Å². The predicted molar refractivity (Wildman–Crippen MR) is 101 cm³/mol. The van der Waals surface area contributed by atoms with Crippen molar-refractivity contribution in [3.8, 4) is 5.75 Å². The number of amides is 2. The minimum Gasteiger partial charge on any atom is -0.484 e. The van der Waals surface area contributed by atoms with Gasteiger partial charge < -0.3 is 19.7 Å². The first-order valence-electron chi connectivity index (χ1n) is 8.25. The summed E-state index contributed by atoms with van der Waals surface area (Å²) < 4.78 is 10.1. The number of esters is 1. The average Bonchev–Trinajstić information content (AvgIpc) is 2.67. The first-order chi connectivity index (χ1) is 12.8. The van der Waals surface area contributed by atoms with Crippen molar-refractivity contribution >= 4 is 23.5 Å². The van der Waals surface area contributed by atoms with Crippen LogP contribution in [0.2, 0.25) is 0 Å². The van der Waals surface area contributed by atoms with E-state index in [0.717, 1.165) is 5.56 Å². The highest BCUT2D eigenvalue weighted by Gasteiger charge is 2.13. The Kier molecular flexibility index (Phi) is 6.54.